The molecule has 0 saturated carbocycles. The van der Waals surface area contributed by atoms with Gasteiger partial charge >= 0.3 is 5.97 Å². The molecule has 1 fully saturated rings. The Kier molecular flexibility index (Phi) is 4.86. The normalized spacial score (nSPS) is 19.2. The van der Waals surface area contributed by atoms with E-state index in [9.17, 15) is 9.59 Å². The second-order valence-electron chi connectivity index (χ2n) is 4.82. The van der Waals surface area contributed by atoms with Crippen LogP contribution in [0.5, 0.6) is 0 Å². The number of carbonyl (C=O) groups excluding carboxylic acids is 2. The second-order valence-corrected chi connectivity index (χ2v) is 5.69. The minimum Gasteiger partial charge on any atom is -0.447 e. The molecule has 110 valence electrons. The maximum absolute atomic E-state index is 12.1. The van der Waals surface area contributed by atoms with Crippen molar-refractivity contribution in [2.24, 2.45) is 5.92 Å². The van der Waals surface area contributed by atoms with E-state index in [0.717, 1.165) is 10.6 Å². The molecule has 0 radical (unpaired) electrons. The van der Waals surface area contributed by atoms with E-state index < -0.39 is 18.0 Å². The number of carbonyl (C=O) groups is 2. The molecular weight excluding hydrogens is 288 g/mol. The molecule has 0 unspecified atom stereocenters. The first kappa shape index (κ1) is 15.4. The average molecular weight is 304 g/mol. The fourth-order valence-electron chi connectivity index (χ4n) is 2.19. The second kappa shape index (κ2) is 6.64. The SMILES string of the molecule is CSc1cccc(N2C[C@@H](C(=O)O[C@@H](C)C#N)CC2=O)c1. The van der Waals surface area contributed by atoms with Crippen molar-refractivity contribution in [2.75, 3.05) is 17.7 Å². The van der Waals surface area contributed by atoms with Crippen molar-refractivity contribution in [3.63, 3.8) is 0 Å². The first-order valence-corrected chi connectivity index (χ1v) is 7.82. The van der Waals surface area contributed by atoms with Gasteiger partial charge in [-0.05, 0) is 31.4 Å². The van der Waals surface area contributed by atoms with Crippen LogP contribution in [-0.4, -0.2) is 30.8 Å². The van der Waals surface area contributed by atoms with Gasteiger partial charge in [0.15, 0.2) is 6.10 Å². The summed E-state index contributed by atoms with van der Waals surface area (Å²) in [6.07, 6.45) is 1.30. The molecule has 1 aromatic rings. The van der Waals surface area contributed by atoms with Gasteiger partial charge in [0, 0.05) is 23.5 Å². The third-order valence-corrected chi connectivity index (χ3v) is 4.02. The van der Waals surface area contributed by atoms with Crippen molar-refractivity contribution < 1.29 is 14.3 Å². The summed E-state index contributed by atoms with van der Waals surface area (Å²) in [5.41, 5.74) is 0.787. The minimum absolute atomic E-state index is 0.0974. The molecule has 0 aromatic heterocycles. The number of rotatable bonds is 4. The van der Waals surface area contributed by atoms with Crippen LogP contribution >= 0.6 is 11.8 Å². The molecule has 2 atom stereocenters. The topological polar surface area (TPSA) is 70.4 Å². The van der Waals surface area contributed by atoms with Gasteiger partial charge in [-0.25, -0.2) is 0 Å². The van der Waals surface area contributed by atoms with E-state index in [-0.39, 0.29) is 12.3 Å². The Hall–Kier alpha value is -2.00. The first-order chi connectivity index (χ1) is 10.0. The smallest absolute Gasteiger partial charge is 0.312 e. The van der Waals surface area contributed by atoms with Crippen LogP contribution in [0.15, 0.2) is 29.2 Å². The fourth-order valence-corrected chi connectivity index (χ4v) is 2.64. The Labute approximate surface area is 127 Å². The highest BCUT2D eigenvalue weighted by molar-refractivity contribution is 7.98. The van der Waals surface area contributed by atoms with Crippen LogP contribution in [0.4, 0.5) is 5.69 Å². The van der Waals surface area contributed by atoms with Crippen LogP contribution in [-0.2, 0) is 14.3 Å². The molecule has 1 aliphatic heterocycles. The van der Waals surface area contributed by atoms with E-state index in [1.807, 2.05) is 36.6 Å². The van der Waals surface area contributed by atoms with Crippen LogP contribution in [0.3, 0.4) is 0 Å². The maximum atomic E-state index is 12.1. The fraction of sp³-hybridized carbons (Fsp3) is 0.400. The molecule has 1 amide bonds. The monoisotopic (exact) mass is 304 g/mol. The molecule has 1 heterocycles. The highest BCUT2D eigenvalue weighted by atomic mass is 32.2. The zero-order chi connectivity index (χ0) is 15.4. The van der Waals surface area contributed by atoms with Gasteiger partial charge in [0.05, 0.1) is 5.92 Å². The summed E-state index contributed by atoms with van der Waals surface area (Å²) in [6, 6.07) is 9.47. The zero-order valence-electron chi connectivity index (χ0n) is 11.9. The van der Waals surface area contributed by atoms with Crippen molar-refractivity contribution >= 4 is 29.3 Å². The summed E-state index contributed by atoms with van der Waals surface area (Å²) in [5, 5.41) is 8.66. The molecule has 5 nitrogen and oxygen atoms in total. The standard InChI is InChI=1S/C15H16N2O3S/c1-10(8-16)20-15(19)11-6-14(18)17(9-11)12-4-3-5-13(7-12)21-2/h3-5,7,10-11H,6,9H2,1-2H3/t10-,11-/m0/s1. The summed E-state index contributed by atoms with van der Waals surface area (Å²) in [7, 11) is 0. The number of esters is 1. The number of hydrogen-bond acceptors (Lipinski definition) is 5. The van der Waals surface area contributed by atoms with Crippen molar-refractivity contribution in [3.8, 4) is 6.07 Å². The average Bonchev–Trinajstić information content (AvgIpc) is 2.89. The number of nitriles is 1. The van der Waals surface area contributed by atoms with Gasteiger partial charge in [0.1, 0.15) is 6.07 Å². The number of ether oxygens (including phenoxy) is 1. The van der Waals surface area contributed by atoms with Gasteiger partial charge < -0.3 is 9.64 Å². The van der Waals surface area contributed by atoms with E-state index in [0.29, 0.717) is 6.54 Å². The third kappa shape index (κ3) is 3.56. The molecule has 0 spiro atoms. The van der Waals surface area contributed by atoms with E-state index in [2.05, 4.69) is 0 Å². The van der Waals surface area contributed by atoms with Gasteiger partial charge in [-0.2, -0.15) is 5.26 Å². The highest BCUT2D eigenvalue weighted by Crippen LogP contribution is 2.28. The first-order valence-electron chi connectivity index (χ1n) is 6.59. The lowest BCUT2D eigenvalue weighted by Gasteiger charge is -2.17. The molecule has 0 aliphatic carbocycles. The van der Waals surface area contributed by atoms with Crippen molar-refractivity contribution in [1.82, 2.24) is 0 Å². The highest BCUT2D eigenvalue weighted by Gasteiger charge is 2.36. The van der Waals surface area contributed by atoms with Crippen LogP contribution < -0.4 is 4.90 Å². The molecule has 0 bridgehead atoms. The Morgan fingerprint density at radius 1 is 1.57 bits per heavy atom. The molecule has 0 N–H and O–H groups in total. The Balaban J connectivity index is 2.09. The van der Waals surface area contributed by atoms with Gasteiger partial charge in [0.25, 0.3) is 0 Å². The predicted octanol–water partition coefficient (Wildman–Crippen LogP) is 2.22. The van der Waals surface area contributed by atoms with Crippen LogP contribution in [0.2, 0.25) is 0 Å². The minimum atomic E-state index is -0.790. The molecule has 1 aliphatic rings. The Morgan fingerprint density at radius 2 is 2.33 bits per heavy atom. The maximum Gasteiger partial charge on any atom is 0.312 e. The van der Waals surface area contributed by atoms with Gasteiger partial charge in [-0.3, -0.25) is 9.59 Å². The van der Waals surface area contributed by atoms with E-state index in [1.54, 1.807) is 16.7 Å². The number of nitrogens with zero attached hydrogens (tertiary/aromatic N) is 2. The Morgan fingerprint density at radius 3 is 3.00 bits per heavy atom. The van der Waals surface area contributed by atoms with Crippen LogP contribution in [0.1, 0.15) is 13.3 Å². The lowest BCUT2D eigenvalue weighted by Crippen LogP contribution is -2.27. The summed E-state index contributed by atoms with van der Waals surface area (Å²) >= 11 is 1.60. The van der Waals surface area contributed by atoms with E-state index >= 15 is 0 Å². The van der Waals surface area contributed by atoms with E-state index in [4.69, 9.17) is 10.00 Å². The van der Waals surface area contributed by atoms with E-state index in [1.165, 1.54) is 6.92 Å². The van der Waals surface area contributed by atoms with Crippen LogP contribution in [0, 0.1) is 17.2 Å². The molecule has 21 heavy (non-hydrogen) atoms. The molecule has 2 rings (SSSR count). The number of benzene rings is 1. The molecule has 1 aromatic carbocycles. The molecule has 1 saturated heterocycles. The number of anilines is 1. The summed E-state index contributed by atoms with van der Waals surface area (Å²) < 4.78 is 4.98. The lowest BCUT2D eigenvalue weighted by atomic mass is 10.1. The summed E-state index contributed by atoms with van der Waals surface area (Å²) in [6.45, 7) is 1.81. The number of amides is 1. The van der Waals surface area contributed by atoms with Gasteiger partial charge in [0.2, 0.25) is 5.91 Å². The molecular formula is C15H16N2O3S. The van der Waals surface area contributed by atoms with Crippen molar-refractivity contribution in [1.29, 1.82) is 5.26 Å². The van der Waals surface area contributed by atoms with Crippen molar-refractivity contribution in [2.45, 2.75) is 24.3 Å². The largest absolute Gasteiger partial charge is 0.447 e. The van der Waals surface area contributed by atoms with Crippen molar-refractivity contribution in [3.05, 3.63) is 24.3 Å². The zero-order valence-corrected chi connectivity index (χ0v) is 12.7. The number of hydrogen-bond donors (Lipinski definition) is 0. The van der Waals surface area contributed by atoms with Crippen LogP contribution in [0.25, 0.3) is 0 Å². The molecule has 6 heteroatoms. The summed E-state index contributed by atoms with van der Waals surface area (Å²) in [4.78, 5) is 26.7. The Bertz CT molecular complexity index is 597. The lowest BCUT2D eigenvalue weighted by molar-refractivity contribution is -0.150. The third-order valence-electron chi connectivity index (χ3n) is 3.30. The van der Waals surface area contributed by atoms with Gasteiger partial charge in [-0.15, -0.1) is 11.8 Å². The number of thioether (sulfide) groups is 1. The quantitative estimate of drug-likeness (QED) is 0.630. The predicted molar refractivity (Wildman–Crippen MR) is 79.9 cm³/mol. The summed E-state index contributed by atoms with van der Waals surface area (Å²) in [5.74, 6) is -1.09. The van der Waals surface area contributed by atoms with Gasteiger partial charge in [-0.1, -0.05) is 6.07 Å².